The summed E-state index contributed by atoms with van der Waals surface area (Å²) in [5.41, 5.74) is 0.911. The van der Waals surface area contributed by atoms with Crippen LogP contribution in [0.3, 0.4) is 0 Å². The highest BCUT2D eigenvalue weighted by Crippen LogP contribution is 2.22. The first-order chi connectivity index (χ1) is 10.2. The number of nitrogens with one attached hydrogen (secondary N) is 2. The smallest absolute Gasteiger partial charge is 0.235 e. The Morgan fingerprint density at radius 1 is 1.19 bits per heavy atom. The number of aromatic nitrogens is 2. The molecule has 0 aliphatic heterocycles. The molecule has 106 valence electrons. The number of para-hydroxylation sites is 1. The van der Waals surface area contributed by atoms with Crippen LogP contribution in [-0.2, 0) is 4.79 Å². The van der Waals surface area contributed by atoms with Gasteiger partial charge in [-0.1, -0.05) is 28.1 Å². The van der Waals surface area contributed by atoms with Crippen molar-refractivity contribution >= 4 is 50.3 Å². The average molecular weight is 362 g/mol. The van der Waals surface area contributed by atoms with Gasteiger partial charge >= 0.3 is 0 Å². The molecule has 21 heavy (non-hydrogen) atoms. The molecule has 0 spiro atoms. The van der Waals surface area contributed by atoms with Crippen molar-refractivity contribution < 1.29 is 4.79 Å². The summed E-state index contributed by atoms with van der Waals surface area (Å²) in [6, 6.07) is 15.6. The van der Waals surface area contributed by atoms with E-state index >= 15 is 0 Å². The van der Waals surface area contributed by atoms with E-state index in [4.69, 9.17) is 0 Å². The molecule has 0 radical (unpaired) electrons. The number of carbonyl (C=O) groups excluding carboxylic acids is 1. The number of rotatable bonds is 4. The number of nitrogens with zero attached hydrogens (tertiary/aromatic N) is 1. The Morgan fingerprint density at radius 3 is 2.76 bits per heavy atom. The number of halogens is 1. The van der Waals surface area contributed by atoms with E-state index in [1.165, 1.54) is 11.8 Å². The summed E-state index contributed by atoms with van der Waals surface area (Å²) < 4.78 is 1.03. The zero-order valence-electron chi connectivity index (χ0n) is 11.0. The van der Waals surface area contributed by atoms with Crippen LogP contribution in [0.2, 0.25) is 0 Å². The second kappa shape index (κ2) is 6.32. The van der Waals surface area contributed by atoms with E-state index in [0.717, 1.165) is 20.3 Å². The standard InChI is InChI=1S/C15H12BrN3OS/c16-10-5-7-11(8-6-10)21-9-14(20)17-15-12-3-1-2-4-13(12)18-19-15/h1-8H,9H2,(H2,17,18,19,20). The van der Waals surface area contributed by atoms with E-state index in [0.29, 0.717) is 11.6 Å². The van der Waals surface area contributed by atoms with Crippen LogP contribution < -0.4 is 5.32 Å². The average Bonchev–Trinajstić information content (AvgIpc) is 2.90. The fourth-order valence-corrected chi connectivity index (χ4v) is 2.87. The van der Waals surface area contributed by atoms with Gasteiger partial charge < -0.3 is 5.32 Å². The van der Waals surface area contributed by atoms with Crippen LogP contribution in [0.1, 0.15) is 0 Å². The Morgan fingerprint density at radius 2 is 1.95 bits per heavy atom. The Bertz CT molecular complexity index is 770. The van der Waals surface area contributed by atoms with Gasteiger partial charge in [0.25, 0.3) is 0 Å². The fraction of sp³-hybridized carbons (Fsp3) is 0.0667. The second-order valence-corrected chi connectivity index (χ2v) is 6.37. The quantitative estimate of drug-likeness (QED) is 0.689. The predicted molar refractivity (Wildman–Crippen MR) is 89.6 cm³/mol. The molecule has 6 heteroatoms. The van der Waals surface area contributed by atoms with Gasteiger partial charge in [-0.3, -0.25) is 9.89 Å². The van der Waals surface area contributed by atoms with E-state index in [1.807, 2.05) is 48.5 Å². The van der Waals surface area contributed by atoms with E-state index in [1.54, 1.807) is 0 Å². The number of carbonyl (C=O) groups is 1. The van der Waals surface area contributed by atoms with Crippen LogP contribution in [0.15, 0.2) is 57.9 Å². The van der Waals surface area contributed by atoms with Crippen LogP contribution in [-0.4, -0.2) is 21.9 Å². The maximum Gasteiger partial charge on any atom is 0.235 e. The summed E-state index contributed by atoms with van der Waals surface area (Å²) in [5, 5.41) is 10.8. The van der Waals surface area contributed by atoms with Gasteiger partial charge in [0.15, 0.2) is 5.82 Å². The summed E-state index contributed by atoms with van der Waals surface area (Å²) in [6.07, 6.45) is 0. The van der Waals surface area contributed by atoms with Crippen molar-refractivity contribution in [1.82, 2.24) is 10.2 Å². The molecule has 3 rings (SSSR count). The molecule has 0 fully saturated rings. The molecule has 0 aliphatic rings. The van der Waals surface area contributed by atoms with E-state index in [-0.39, 0.29) is 5.91 Å². The van der Waals surface area contributed by atoms with Crippen LogP contribution in [0, 0.1) is 0 Å². The van der Waals surface area contributed by atoms with Crippen molar-refractivity contribution in [3.63, 3.8) is 0 Å². The number of hydrogen-bond donors (Lipinski definition) is 2. The summed E-state index contributed by atoms with van der Waals surface area (Å²) in [6.45, 7) is 0. The molecule has 2 N–H and O–H groups in total. The van der Waals surface area contributed by atoms with Gasteiger partial charge in [0, 0.05) is 14.8 Å². The third kappa shape index (κ3) is 3.46. The van der Waals surface area contributed by atoms with E-state index in [2.05, 4.69) is 31.4 Å². The number of aromatic amines is 1. The van der Waals surface area contributed by atoms with E-state index in [9.17, 15) is 4.79 Å². The molecular weight excluding hydrogens is 350 g/mol. The van der Waals surface area contributed by atoms with Crippen molar-refractivity contribution in [2.45, 2.75) is 4.90 Å². The van der Waals surface area contributed by atoms with Crippen molar-refractivity contribution in [1.29, 1.82) is 0 Å². The molecule has 1 amide bonds. The number of benzene rings is 2. The Labute approximate surface area is 134 Å². The molecule has 4 nitrogen and oxygen atoms in total. The molecule has 0 atom stereocenters. The van der Waals surface area contributed by atoms with Crippen molar-refractivity contribution in [3.05, 3.63) is 53.0 Å². The minimum absolute atomic E-state index is 0.0693. The highest BCUT2D eigenvalue weighted by Gasteiger charge is 2.09. The molecule has 2 aromatic carbocycles. The topological polar surface area (TPSA) is 57.8 Å². The molecule has 0 saturated heterocycles. The van der Waals surface area contributed by atoms with Crippen molar-refractivity contribution in [2.24, 2.45) is 0 Å². The zero-order valence-corrected chi connectivity index (χ0v) is 13.4. The van der Waals surface area contributed by atoms with Crippen molar-refractivity contribution in [2.75, 3.05) is 11.1 Å². The number of anilines is 1. The van der Waals surface area contributed by atoms with Gasteiger partial charge in [-0.15, -0.1) is 11.8 Å². The number of amides is 1. The van der Waals surface area contributed by atoms with Gasteiger partial charge in [-0.05, 0) is 36.4 Å². The zero-order chi connectivity index (χ0) is 14.7. The predicted octanol–water partition coefficient (Wildman–Crippen LogP) is 4.06. The fourth-order valence-electron chi connectivity index (χ4n) is 1.91. The largest absolute Gasteiger partial charge is 0.308 e. The number of H-pyrrole nitrogens is 1. The molecule has 1 aromatic heterocycles. The van der Waals surface area contributed by atoms with Crippen LogP contribution in [0.4, 0.5) is 5.82 Å². The van der Waals surface area contributed by atoms with Gasteiger partial charge in [-0.2, -0.15) is 5.10 Å². The molecule has 0 unspecified atom stereocenters. The molecule has 0 aliphatic carbocycles. The molecule has 0 saturated carbocycles. The van der Waals surface area contributed by atoms with Gasteiger partial charge in [0.1, 0.15) is 0 Å². The summed E-state index contributed by atoms with van der Waals surface area (Å²) >= 11 is 4.88. The van der Waals surface area contributed by atoms with Crippen LogP contribution in [0.25, 0.3) is 10.9 Å². The normalized spacial score (nSPS) is 10.7. The number of hydrogen-bond acceptors (Lipinski definition) is 3. The number of thioether (sulfide) groups is 1. The molecule has 0 bridgehead atoms. The summed E-state index contributed by atoms with van der Waals surface area (Å²) in [7, 11) is 0. The maximum absolute atomic E-state index is 12.0. The summed E-state index contributed by atoms with van der Waals surface area (Å²) in [5.74, 6) is 0.857. The van der Waals surface area contributed by atoms with Crippen LogP contribution >= 0.6 is 27.7 Å². The first-order valence-electron chi connectivity index (χ1n) is 6.34. The van der Waals surface area contributed by atoms with E-state index < -0.39 is 0 Å². The maximum atomic E-state index is 12.0. The lowest BCUT2D eigenvalue weighted by atomic mass is 10.2. The van der Waals surface area contributed by atoms with Crippen molar-refractivity contribution in [3.8, 4) is 0 Å². The molecular formula is C15H12BrN3OS. The van der Waals surface area contributed by atoms with Crippen LogP contribution in [0.5, 0.6) is 0 Å². The third-order valence-electron chi connectivity index (χ3n) is 2.91. The lowest BCUT2D eigenvalue weighted by molar-refractivity contribution is -0.113. The lowest BCUT2D eigenvalue weighted by Crippen LogP contribution is -2.14. The first kappa shape index (κ1) is 14.2. The second-order valence-electron chi connectivity index (χ2n) is 4.41. The molecule has 3 aromatic rings. The monoisotopic (exact) mass is 361 g/mol. The highest BCUT2D eigenvalue weighted by atomic mass is 79.9. The van der Waals surface area contributed by atoms with Gasteiger partial charge in [0.05, 0.1) is 11.3 Å². The summed E-state index contributed by atoms with van der Waals surface area (Å²) in [4.78, 5) is 13.1. The molecule has 1 heterocycles. The minimum Gasteiger partial charge on any atom is -0.308 e. The number of fused-ring (bicyclic) bond motifs is 1. The lowest BCUT2D eigenvalue weighted by Gasteiger charge is -2.03. The first-order valence-corrected chi connectivity index (χ1v) is 8.11. The Kier molecular flexibility index (Phi) is 4.26. The van der Waals surface area contributed by atoms with Gasteiger partial charge in [-0.25, -0.2) is 0 Å². The Hall–Kier alpha value is -1.79. The SMILES string of the molecule is O=C(CSc1ccc(Br)cc1)Nc1n[nH]c2ccccc12. The minimum atomic E-state index is -0.0693. The highest BCUT2D eigenvalue weighted by molar-refractivity contribution is 9.10. The Balaban J connectivity index is 1.62. The van der Waals surface area contributed by atoms with Gasteiger partial charge in [0.2, 0.25) is 5.91 Å². The third-order valence-corrected chi connectivity index (χ3v) is 4.45.